The summed E-state index contributed by atoms with van der Waals surface area (Å²) in [5.41, 5.74) is 3.80. The Bertz CT molecular complexity index is 1240. The van der Waals surface area contributed by atoms with Gasteiger partial charge in [0.2, 0.25) is 5.91 Å². The third kappa shape index (κ3) is 2.97. The number of carbonyl (C=O) groups excluding carboxylic acids is 1. The third-order valence-electron chi connectivity index (χ3n) is 4.99. The van der Waals surface area contributed by atoms with E-state index in [0.717, 1.165) is 27.8 Å². The normalized spacial score (nSPS) is 12.4. The van der Waals surface area contributed by atoms with Crippen LogP contribution < -0.4 is 10.9 Å². The van der Waals surface area contributed by atoms with Gasteiger partial charge in [-0.3, -0.25) is 14.3 Å². The van der Waals surface area contributed by atoms with Crippen molar-refractivity contribution in [2.45, 2.75) is 33.2 Å². The number of fused-ring (bicyclic) bond motifs is 3. The molecule has 0 bridgehead atoms. The number of aromatic nitrogens is 3. The Labute approximate surface area is 162 Å². The van der Waals surface area contributed by atoms with Crippen LogP contribution in [0.5, 0.6) is 0 Å². The zero-order chi connectivity index (χ0) is 19.8. The summed E-state index contributed by atoms with van der Waals surface area (Å²) in [5.74, 6) is -0.105. The fourth-order valence-corrected chi connectivity index (χ4v) is 3.65. The van der Waals surface area contributed by atoms with E-state index in [1.165, 1.54) is 6.07 Å². The highest BCUT2D eigenvalue weighted by Crippen LogP contribution is 2.27. The van der Waals surface area contributed by atoms with Gasteiger partial charge in [0.15, 0.2) is 5.65 Å². The second-order valence-corrected chi connectivity index (χ2v) is 7.01. The van der Waals surface area contributed by atoms with Crippen LogP contribution in [0.2, 0.25) is 0 Å². The predicted octanol–water partition coefficient (Wildman–Crippen LogP) is 3.86. The highest BCUT2D eigenvalue weighted by Gasteiger charge is 2.24. The SMILES string of the molecule is CC[C@@H](C(=O)Nc1ccc(C)cc1)n1c2ccccc2c2nc(=O)cc(C)n21. The minimum absolute atomic E-state index is 0.105. The van der Waals surface area contributed by atoms with E-state index in [4.69, 9.17) is 0 Å². The zero-order valence-corrected chi connectivity index (χ0v) is 16.1. The number of nitrogens with zero attached hydrogens (tertiary/aromatic N) is 3. The van der Waals surface area contributed by atoms with Crippen molar-refractivity contribution < 1.29 is 4.79 Å². The predicted molar refractivity (Wildman–Crippen MR) is 111 cm³/mol. The van der Waals surface area contributed by atoms with Crippen molar-refractivity contribution in [2.75, 3.05) is 5.32 Å². The molecule has 0 radical (unpaired) electrons. The van der Waals surface area contributed by atoms with E-state index in [2.05, 4.69) is 10.3 Å². The molecule has 0 saturated carbocycles. The highest BCUT2D eigenvalue weighted by atomic mass is 16.2. The maximum atomic E-state index is 13.2. The number of para-hydroxylation sites is 1. The lowest BCUT2D eigenvalue weighted by Crippen LogP contribution is -2.29. The Morgan fingerprint density at radius 1 is 1.11 bits per heavy atom. The maximum Gasteiger partial charge on any atom is 0.273 e. The topological polar surface area (TPSA) is 68.4 Å². The fourth-order valence-electron chi connectivity index (χ4n) is 3.65. The summed E-state index contributed by atoms with van der Waals surface area (Å²) in [7, 11) is 0. The van der Waals surface area contributed by atoms with Gasteiger partial charge in [0.1, 0.15) is 6.04 Å². The summed E-state index contributed by atoms with van der Waals surface area (Å²) in [6.07, 6.45) is 0.594. The molecule has 0 unspecified atom stereocenters. The van der Waals surface area contributed by atoms with Gasteiger partial charge in [-0.25, -0.2) is 4.52 Å². The molecule has 6 nitrogen and oxygen atoms in total. The average Bonchev–Trinajstić information content (AvgIpc) is 2.99. The van der Waals surface area contributed by atoms with Gasteiger partial charge < -0.3 is 5.32 Å². The van der Waals surface area contributed by atoms with E-state index in [0.29, 0.717) is 12.1 Å². The Morgan fingerprint density at radius 2 is 1.82 bits per heavy atom. The van der Waals surface area contributed by atoms with Gasteiger partial charge in [0, 0.05) is 22.8 Å². The molecular weight excluding hydrogens is 352 g/mol. The molecular formula is C22H22N4O2. The van der Waals surface area contributed by atoms with Crippen LogP contribution in [-0.2, 0) is 4.79 Å². The minimum atomic E-state index is -0.452. The largest absolute Gasteiger partial charge is 0.324 e. The molecule has 2 heterocycles. The van der Waals surface area contributed by atoms with Gasteiger partial charge in [0.25, 0.3) is 5.56 Å². The van der Waals surface area contributed by atoms with Crippen LogP contribution >= 0.6 is 0 Å². The monoisotopic (exact) mass is 374 g/mol. The number of nitrogens with one attached hydrogen (secondary N) is 1. The summed E-state index contributed by atoms with van der Waals surface area (Å²) in [4.78, 5) is 29.4. The number of carbonyl (C=O) groups is 1. The standard InChI is InChI=1S/C22H22N4O2/c1-4-18(22(28)23-16-11-9-14(2)10-12-16)26-19-8-6-5-7-17(19)21-24-20(27)13-15(3)25(21)26/h5-13,18H,4H2,1-3H3,(H,23,28)/t18-/m0/s1. The molecule has 0 spiro atoms. The van der Waals surface area contributed by atoms with E-state index < -0.39 is 6.04 Å². The molecule has 0 fully saturated rings. The van der Waals surface area contributed by atoms with Crippen molar-refractivity contribution >= 4 is 28.1 Å². The van der Waals surface area contributed by atoms with Crippen molar-refractivity contribution in [3.8, 4) is 0 Å². The van der Waals surface area contributed by atoms with Crippen LogP contribution in [0, 0.1) is 13.8 Å². The van der Waals surface area contributed by atoms with E-state index >= 15 is 0 Å². The Kier molecular flexibility index (Phi) is 4.47. The van der Waals surface area contributed by atoms with E-state index in [-0.39, 0.29) is 11.5 Å². The number of aryl methyl sites for hydroxylation is 2. The highest BCUT2D eigenvalue weighted by molar-refractivity contribution is 5.97. The molecule has 4 rings (SSSR count). The molecule has 0 aliphatic rings. The first-order chi connectivity index (χ1) is 13.5. The van der Waals surface area contributed by atoms with Crippen molar-refractivity contribution in [3.05, 3.63) is 76.2 Å². The average molecular weight is 374 g/mol. The maximum absolute atomic E-state index is 13.2. The van der Waals surface area contributed by atoms with Crippen LogP contribution in [0.1, 0.15) is 30.6 Å². The van der Waals surface area contributed by atoms with E-state index in [9.17, 15) is 9.59 Å². The first-order valence-corrected chi connectivity index (χ1v) is 9.36. The first-order valence-electron chi connectivity index (χ1n) is 9.36. The number of amides is 1. The number of benzene rings is 2. The summed E-state index contributed by atoms with van der Waals surface area (Å²) in [6.45, 7) is 5.84. The van der Waals surface area contributed by atoms with Crippen LogP contribution in [0.4, 0.5) is 5.69 Å². The lowest BCUT2D eigenvalue weighted by atomic mass is 10.1. The van der Waals surface area contributed by atoms with Crippen LogP contribution in [0.15, 0.2) is 59.4 Å². The summed E-state index contributed by atoms with van der Waals surface area (Å²) < 4.78 is 3.81. The second-order valence-electron chi connectivity index (χ2n) is 7.01. The van der Waals surface area contributed by atoms with Crippen LogP contribution in [0.3, 0.4) is 0 Å². The zero-order valence-electron chi connectivity index (χ0n) is 16.1. The van der Waals surface area contributed by atoms with Gasteiger partial charge >= 0.3 is 0 Å². The molecule has 0 saturated heterocycles. The first kappa shape index (κ1) is 18.0. The van der Waals surface area contributed by atoms with Crippen molar-refractivity contribution in [1.82, 2.24) is 14.2 Å². The minimum Gasteiger partial charge on any atom is -0.324 e. The molecule has 0 aliphatic carbocycles. The van der Waals surface area contributed by atoms with Gasteiger partial charge in [-0.1, -0.05) is 36.8 Å². The number of hydrogen-bond acceptors (Lipinski definition) is 3. The van der Waals surface area contributed by atoms with E-state index in [1.807, 2.05) is 78.5 Å². The molecule has 1 amide bonds. The second kappa shape index (κ2) is 6.96. The Hall–Kier alpha value is -3.41. The Balaban J connectivity index is 1.88. The molecule has 0 aliphatic heterocycles. The molecule has 2 aromatic heterocycles. The van der Waals surface area contributed by atoms with Gasteiger partial charge in [-0.2, -0.15) is 4.98 Å². The van der Waals surface area contributed by atoms with Crippen molar-refractivity contribution in [1.29, 1.82) is 0 Å². The molecule has 28 heavy (non-hydrogen) atoms. The summed E-state index contributed by atoms with van der Waals surface area (Å²) in [6, 6.07) is 16.5. The molecule has 4 aromatic rings. The van der Waals surface area contributed by atoms with Crippen LogP contribution in [0.25, 0.3) is 16.6 Å². The molecule has 2 aromatic carbocycles. The fraction of sp³-hybridized carbons (Fsp3) is 0.227. The third-order valence-corrected chi connectivity index (χ3v) is 4.99. The van der Waals surface area contributed by atoms with Gasteiger partial charge in [0.05, 0.1) is 5.52 Å². The van der Waals surface area contributed by atoms with Crippen LogP contribution in [-0.4, -0.2) is 20.1 Å². The summed E-state index contributed by atoms with van der Waals surface area (Å²) >= 11 is 0. The smallest absolute Gasteiger partial charge is 0.273 e. The van der Waals surface area contributed by atoms with Gasteiger partial charge in [-0.05, 0) is 44.5 Å². The Morgan fingerprint density at radius 3 is 2.54 bits per heavy atom. The molecule has 1 N–H and O–H groups in total. The van der Waals surface area contributed by atoms with Crippen molar-refractivity contribution in [3.63, 3.8) is 0 Å². The lowest BCUT2D eigenvalue weighted by Gasteiger charge is -2.20. The molecule has 6 heteroatoms. The lowest BCUT2D eigenvalue weighted by molar-refractivity contribution is -0.119. The number of anilines is 1. The van der Waals surface area contributed by atoms with Gasteiger partial charge in [-0.15, -0.1) is 0 Å². The van der Waals surface area contributed by atoms with E-state index in [1.54, 1.807) is 0 Å². The number of rotatable bonds is 4. The van der Waals surface area contributed by atoms with Crippen molar-refractivity contribution in [2.24, 2.45) is 0 Å². The summed E-state index contributed by atoms with van der Waals surface area (Å²) in [5, 5.41) is 3.87. The number of hydrogen-bond donors (Lipinski definition) is 1. The quantitative estimate of drug-likeness (QED) is 0.590. The molecule has 1 atom stereocenters. The molecule has 142 valence electrons.